The Labute approximate surface area is 139 Å². The fraction of sp³-hybridized carbons (Fsp3) is 0.188. The minimum Gasteiger partial charge on any atom is -0.495 e. The van der Waals surface area contributed by atoms with Gasteiger partial charge in [-0.1, -0.05) is 23.2 Å². The molecule has 0 aromatic heterocycles. The first-order chi connectivity index (χ1) is 10.6. The fourth-order valence-corrected chi connectivity index (χ4v) is 2.18. The van der Waals surface area contributed by atoms with Crippen LogP contribution in [0.5, 0.6) is 5.75 Å². The molecule has 6 heteroatoms. The number of ether oxygens (including phenoxy) is 1. The van der Waals surface area contributed by atoms with Gasteiger partial charge in [-0.3, -0.25) is 4.79 Å². The van der Waals surface area contributed by atoms with E-state index in [1.807, 2.05) is 12.1 Å². The van der Waals surface area contributed by atoms with Crippen LogP contribution < -0.4 is 15.4 Å². The summed E-state index contributed by atoms with van der Waals surface area (Å²) in [6.45, 7) is 0.510. The molecular formula is C16H16Cl2N2O2. The summed E-state index contributed by atoms with van der Waals surface area (Å²) in [4.78, 5) is 12.0. The van der Waals surface area contributed by atoms with E-state index in [-0.39, 0.29) is 5.91 Å². The zero-order chi connectivity index (χ0) is 15.9. The van der Waals surface area contributed by atoms with Crippen LogP contribution in [0.15, 0.2) is 42.5 Å². The number of rotatable bonds is 6. The molecular weight excluding hydrogens is 323 g/mol. The summed E-state index contributed by atoms with van der Waals surface area (Å²) in [6, 6.07) is 12.4. The van der Waals surface area contributed by atoms with E-state index in [1.165, 1.54) is 0 Å². The molecule has 116 valence electrons. The smallest absolute Gasteiger partial charge is 0.226 e. The SMILES string of the molecule is COc1ccc(Cl)cc1NC(=O)CCNc1ccc(Cl)cc1. The van der Waals surface area contributed by atoms with Crippen molar-refractivity contribution in [2.45, 2.75) is 6.42 Å². The van der Waals surface area contributed by atoms with E-state index in [0.29, 0.717) is 34.4 Å². The molecule has 2 rings (SSSR count). The second-order valence-corrected chi connectivity index (χ2v) is 5.45. The first-order valence-corrected chi connectivity index (χ1v) is 7.47. The summed E-state index contributed by atoms with van der Waals surface area (Å²) in [5.41, 5.74) is 1.48. The number of nitrogens with one attached hydrogen (secondary N) is 2. The van der Waals surface area contributed by atoms with Gasteiger partial charge in [-0.15, -0.1) is 0 Å². The van der Waals surface area contributed by atoms with Gasteiger partial charge in [-0.25, -0.2) is 0 Å². The quantitative estimate of drug-likeness (QED) is 0.818. The molecule has 0 fully saturated rings. The first-order valence-electron chi connectivity index (χ1n) is 6.71. The third-order valence-corrected chi connectivity index (χ3v) is 3.45. The largest absolute Gasteiger partial charge is 0.495 e. The predicted octanol–water partition coefficient (Wildman–Crippen LogP) is 4.44. The summed E-state index contributed by atoms with van der Waals surface area (Å²) in [5, 5.41) is 7.15. The Balaban J connectivity index is 1.85. The molecule has 0 saturated carbocycles. The van der Waals surface area contributed by atoms with Crippen LogP contribution in [-0.2, 0) is 4.79 Å². The number of benzene rings is 2. The highest BCUT2D eigenvalue weighted by Gasteiger charge is 2.08. The molecule has 4 nitrogen and oxygen atoms in total. The highest BCUT2D eigenvalue weighted by Crippen LogP contribution is 2.27. The maximum Gasteiger partial charge on any atom is 0.226 e. The molecule has 1 amide bonds. The minimum atomic E-state index is -0.123. The Kier molecular flexibility index (Phi) is 5.92. The van der Waals surface area contributed by atoms with Crippen molar-refractivity contribution < 1.29 is 9.53 Å². The van der Waals surface area contributed by atoms with Gasteiger partial charge in [0, 0.05) is 28.7 Å². The van der Waals surface area contributed by atoms with Crippen LogP contribution in [0.2, 0.25) is 10.0 Å². The average Bonchev–Trinajstić information content (AvgIpc) is 2.49. The monoisotopic (exact) mass is 338 g/mol. The van der Waals surface area contributed by atoms with E-state index in [2.05, 4.69) is 10.6 Å². The molecule has 2 aromatic carbocycles. The molecule has 0 radical (unpaired) electrons. The van der Waals surface area contributed by atoms with Crippen LogP contribution in [0.25, 0.3) is 0 Å². The van der Waals surface area contributed by atoms with E-state index in [4.69, 9.17) is 27.9 Å². The van der Waals surface area contributed by atoms with Crippen molar-refractivity contribution in [2.24, 2.45) is 0 Å². The van der Waals surface area contributed by atoms with Gasteiger partial charge in [0.15, 0.2) is 0 Å². The zero-order valence-corrected chi connectivity index (χ0v) is 13.5. The van der Waals surface area contributed by atoms with Crippen molar-refractivity contribution in [1.82, 2.24) is 0 Å². The zero-order valence-electron chi connectivity index (χ0n) is 12.0. The number of amides is 1. The topological polar surface area (TPSA) is 50.4 Å². The van der Waals surface area contributed by atoms with Gasteiger partial charge in [-0.2, -0.15) is 0 Å². The van der Waals surface area contributed by atoms with Crippen LogP contribution in [0.3, 0.4) is 0 Å². The van der Waals surface area contributed by atoms with Gasteiger partial charge in [0.25, 0.3) is 0 Å². The Morgan fingerprint density at radius 2 is 1.77 bits per heavy atom. The Bertz CT molecular complexity index is 645. The summed E-state index contributed by atoms with van der Waals surface area (Å²) < 4.78 is 5.18. The molecule has 0 aliphatic heterocycles. The lowest BCUT2D eigenvalue weighted by molar-refractivity contribution is -0.115. The summed E-state index contributed by atoms with van der Waals surface area (Å²) in [7, 11) is 1.54. The summed E-state index contributed by atoms with van der Waals surface area (Å²) in [5.74, 6) is 0.449. The Morgan fingerprint density at radius 3 is 2.45 bits per heavy atom. The number of anilines is 2. The van der Waals surface area contributed by atoms with E-state index in [0.717, 1.165) is 5.69 Å². The number of carbonyl (C=O) groups excluding carboxylic acids is 1. The van der Waals surface area contributed by atoms with Gasteiger partial charge >= 0.3 is 0 Å². The van der Waals surface area contributed by atoms with Crippen molar-refractivity contribution >= 4 is 40.5 Å². The van der Waals surface area contributed by atoms with Gasteiger partial charge in [0.05, 0.1) is 12.8 Å². The molecule has 0 heterocycles. The maximum atomic E-state index is 12.0. The van der Waals surface area contributed by atoms with Gasteiger partial charge < -0.3 is 15.4 Å². The van der Waals surface area contributed by atoms with E-state index >= 15 is 0 Å². The van der Waals surface area contributed by atoms with Gasteiger partial charge in [-0.05, 0) is 42.5 Å². The second-order valence-electron chi connectivity index (χ2n) is 4.58. The molecule has 0 aliphatic rings. The number of halogens is 2. The molecule has 2 N–H and O–H groups in total. The predicted molar refractivity (Wildman–Crippen MR) is 91.2 cm³/mol. The molecule has 0 unspecified atom stereocenters. The molecule has 0 atom stereocenters. The average molecular weight is 339 g/mol. The Hall–Kier alpha value is -1.91. The number of hydrogen-bond donors (Lipinski definition) is 2. The first kappa shape index (κ1) is 16.5. The van der Waals surface area contributed by atoms with E-state index in [9.17, 15) is 4.79 Å². The highest BCUT2D eigenvalue weighted by atomic mass is 35.5. The number of methoxy groups -OCH3 is 1. The third-order valence-electron chi connectivity index (χ3n) is 2.96. The second kappa shape index (κ2) is 7.92. The van der Waals surface area contributed by atoms with E-state index in [1.54, 1.807) is 37.4 Å². The van der Waals surface area contributed by atoms with Crippen molar-refractivity contribution in [2.75, 3.05) is 24.3 Å². The van der Waals surface area contributed by atoms with E-state index < -0.39 is 0 Å². The minimum absolute atomic E-state index is 0.123. The lowest BCUT2D eigenvalue weighted by atomic mass is 10.2. The summed E-state index contributed by atoms with van der Waals surface area (Å²) >= 11 is 11.7. The van der Waals surface area contributed by atoms with Crippen LogP contribution in [0.4, 0.5) is 11.4 Å². The molecule has 0 saturated heterocycles. The van der Waals surface area contributed by atoms with Crippen molar-refractivity contribution in [1.29, 1.82) is 0 Å². The number of carbonyl (C=O) groups is 1. The van der Waals surface area contributed by atoms with Crippen LogP contribution in [-0.4, -0.2) is 19.6 Å². The summed E-state index contributed by atoms with van der Waals surface area (Å²) in [6.07, 6.45) is 0.318. The molecule has 0 spiro atoms. The van der Waals surface area contributed by atoms with Crippen LogP contribution >= 0.6 is 23.2 Å². The molecule has 2 aromatic rings. The normalized spacial score (nSPS) is 10.1. The molecule has 22 heavy (non-hydrogen) atoms. The lowest BCUT2D eigenvalue weighted by Gasteiger charge is -2.11. The van der Waals surface area contributed by atoms with Gasteiger partial charge in [0.2, 0.25) is 5.91 Å². The van der Waals surface area contributed by atoms with Crippen molar-refractivity contribution in [3.05, 3.63) is 52.5 Å². The van der Waals surface area contributed by atoms with Crippen LogP contribution in [0.1, 0.15) is 6.42 Å². The highest BCUT2D eigenvalue weighted by molar-refractivity contribution is 6.31. The maximum absolute atomic E-state index is 12.0. The van der Waals surface area contributed by atoms with Gasteiger partial charge in [0.1, 0.15) is 5.75 Å². The Morgan fingerprint density at radius 1 is 1.09 bits per heavy atom. The van der Waals surface area contributed by atoms with Crippen molar-refractivity contribution in [3.63, 3.8) is 0 Å². The lowest BCUT2D eigenvalue weighted by Crippen LogP contribution is -2.16. The van der Waals surface area contributed by atoms with Crippen molar-refractivity contribution in [3.8, 4) is 5.75 Å². The standard InChI is InChI=1S/C16H16Cl2N2O2/c1-22-15-7-4-12(18)10-14(15)20-16(21)8-9-19-13-5-2-11(17)3-6-13/h2-7,10,19H,8-9H2,1H3,(H,20,21). The fourth-order valence-electron chi connectivity index (χ4n) is 1.88. The molecule has 0 bridgehead atoms. The third kappa shape index (κ3) is 4.83. The molecule has 0 aliphatic carbocycles. The number of hydrogen-bond acceptors (Lipinski definition) is 3. The van der Waals surface area contributed by atoms with Crippen LogP contribution in [0, 0.1) is 0 Å².